The summed E-state index contributed by atoms with van der Waals surface area (Å²) in [4.78, 5) is 24.1. The van der Waals surface area contributed by atoms with Crippen LogP contribution < -0.4 is 10.9 Å². The molecule has 1 aliphatic rings. The van der Waals surface area contributed by atoms with Crippen LogP contribution in [0.15, 0.2) is 57.9 Å². The molecule has 0 saturated heterocycles. The summed E-state index contributed by atoms with van der Waals surface area (Å²) < 4.78 is 2.20. The summed E-state index contributed by atoms with van der Waals surface area (Å²) in [6.07, 6.45) is 6.21. The number of rotatable bonds is 5. The molecule has 24 heavy (non-hydrogen) atoms. The lowest BCUT2D eigenvalue weighted by Crippen LogP contribution is -2.41. The van der Waals surface area contributed by atoms with Crippen LogP contribution >= 0.6 is 15.9 Å². The van der Waals surface area contributed by atoms with Gasteiger partial charge in [-0.3, -0.25) is 9.59 Å². The van der Waals surface area contributed by atoms with E-state index in [0.29, 0.717) is 6.54 Å². The SMILES string of the molecule is O=C(Cn1cc(Br)ccc1=O)NCC1(c2ccccc2)CCCC1. The number of halogens is 1. The van der Waals surface area contributed by atoms with Crippen LogP contribution in [0.3, 0.4) is 0 Å². The van der Waals surface area contributed by atoms with Gasteiger partial charge in [0.05, 0.1) is 0 Å². The van der Waals surface area contributed by atoms with E-state index in [1.165, 1.54) is 29.0 Å². The smallest absolute Gasteiger partial charge is 0.251 e. The van der Waals surface area contributed by atoms with Crippen molar-refractivity contribution in [2.75, 3.05) is 6.54 Å². The second-order valence-electron chi connectivity index (χ2n) is 6.44. The van der Waals surface area contributed by atoms with E-state index in [4.69, 9.17) is 0 Å². The van der Waals surface area contributed by atoms with Crippen LogP contribution in [0.5, 0.6) is 0 Å². The van der Waals surface area contributed by atoms with E-state index >= 15 is 0 Å². The van der Waals surface area contributed by atoms with Gasteiger partial charge in [-0.2, -0.15) is 0 Å². The van der Waals surface area contributed by atoms with Gasteiger partial charge in [0.25, 0.3) is 5.56 Å². The average molecular weight is 389 g/mol. The van der Waals surface area contributed by atoms with Crippen LogP contribution in [0.2, 0.25) is 0 Å². The van der Waals surface area contributed by atoms with Gasteiger partial charge in [0.1, 0.15) is 6.54 Å². The number of amides is 1. The molecule has 1 saturated carbocycles. The Morgan fingerprint density at radius 3 is 2.54 bits per heavy atom. The molecule has 0 bridgehead atoms. The van der Waals surface area contributed by atoms with Gasteiger partial charge in [-0.25, -0.2) is 0 Å². The first-order valence-electron chi connectivity index (χ1n) is 8.27. The monoisotopic (exact) mass is 388 g/mol. The fourth-order valence-electron chi connectivity index (χ4n) is 3.52. The number of hydrogen-bond acceptors (Lipinski definition) is 2. The van der Waals surface area contributed by atoms with Gasteiger partial charge in [-0.1, -0.05) is 43.2 Å². The summed E-state index contributed by atoms with van der Waals surface area (Å²) in [6, 6.07) is 13.6. The van der Waals surface area contributed by atoms with Gasteiger partial charge in [-0.15, -0.1) is 0 Å². The topological polar surface area (TPSA) is 51.1 Å². The maximum atomic E-state index is 12.3. The summed E-state index contributed by atoms with van der Waals surface area (Å²) in [5.41, 5.74) is 1.15. The molecule has 0 radical (unpaired) electrons. The molecule has 3 rings (SSSR count). The van der Waals surface area contributed by atoms with Crippen molar-refractivity contribution in [3.63, 3.8) is 0 Å². The highest BCUT2D eigenvalue weighted by Gasteiger charge is 2.35. The molecule has 1 heterocycles. The van der Waals surface area contributed by atoms with Crippen molar-refractivity contribution in [1.29, 1.82) is 0 Å². The highest BCUT2D eigenvalue weighted by Crippen LogP contribution is 2.40. The number of nitrogens with zero attached hydrogens (tertiary/aromatic N) is 1. The lowest BCUT2D eigenvalue weighted by atomic mass is 9.79. The summed E-state index contributed by atoms with van der Waals surface area (Å²) in [5.74, 6) is -0.127. The van der Waals surface area contributed by atoms with Crippen molar-refractivity contribution >= 4 is 21.8 Å². The molecule has 4 nitrogen and oxygen atoms in total. The first-order chi connectivity index (χ1) is 11.6. The van der Waals surface area contributed by atoms with Crippen LogP contribution in [0, 0.1) is 0 Å². The molecule has 1 aliphatic carbocycles. The third-order valence-corrected chi connectivity index (χ3v) is 5.30. The first kappa shape index (κ1) is 17.0. The summed E-state index contributed by atoms with van der Waals surface area (Å²) in [7, 11) is 0. The molecule has 126 valence electrons. The molecular formula is C19H21BrN2O2. The minimum absolute atomic E-state index is 0.0269. The number of hydrogen-bond donors (Lipinski definition) is 1. The van der Waals surface area contributed by atoms with E-state index in [-0.39, 0.29) is 23.4 Å². The quantitative estimate of drug-likeness (QED) is 0.854. The molecule has 1 fully saturated rings. The fourth-order valence-corrected chi connectivity index (χ4v) is 3.89. The first-order valence-corrected chi connectivity index (χ1v) is 9.07. The molecule has 0 aliphatic heterocycles. The Balaban J connectivity index is 1.68. The summed E-state index contributed by atoms with van der Waals surface area (Å²) in [5, 5.41) is 3.05. The largest absolute Gasteiger partial charge is 0.354 e. The molecule has 0 unspecified atom stereocenters. The number of carbonyl (C=O) groups is 1. The van der Waals surface area contributed by atoms with E-state index in [9.17, 15) is 9.59 Å². The van der Waals surface area contributed by atoms with Gasteiger partial charge in [-0.05, 0) is 40.4 Å². The van der Waals surface area contributed by atoms with Gasteiger partial charge >= 0.3 is 0 Å². The normalized spacial score (nSPS) is 16.0. The molecule has 1 aromatic carbocycles. The Labute approximate surface area is 150 Å². The standard InChI is InChI=1S/C19H21BrN2O2/c20-16-8-9-18(24)22(12-16)13-17(23)21-14-19(10-4-5-11-19)15-6-2-1-3-7-15/h1-3,6-9,12H,4-5,10-11,13-14H2,(H,21,23). The molecule has 2 aromatic rings. The maximum Gasteiger partial charge on any atom is 0.251 e. The van der Waals surface area contributed by atoms with E-state index in [1.54, 1.807) is 12.3 Å². The number of aromatic nitrogens is 1. The Hall–Kier alpha value is -1.88. The van der Waals surface area contributed by atoms with Crippen molar-refractivity contribution in [2.24, 2.45) is 0 Å². The van der Waals surface area contributed by atoms with Crippen LogP contribution in [-0.4, -0.2) is 17.0 Å². The second kappa shape index (κ2) is 7.34. The number of pyridine rings is 1. The Bertz CT molecular complexity index is 764. The molecule has 1 N–H and O–H groups in total. The van der Waals surface area contributed by atoms with Crippen molar-refractivity contribution in [2.45, 2.75) is 37.6 Å². The van der Waals surface area contributed by atoms with Gasteiger partial charge in [0.15, 0.2) is 0 Å². The highest BCUT2D eigenvalue weighted by molar-refractivity contribution is 9.10. The van der Waals surface area contributed by atoms with Crippen LogP contribution in [-0.2, 0) is 16.8 Å². The molecule has 1 aromatic heterocycles. The van der Waals surface area contributed by atoms with Crippen molar-refractivity contribution in [3.05, 3.63) is 69.1 Å². The molecule has 1 amide bonds. The molecular weight excluding hydrogens is 368 g/mol. The Morgan fingerprint density at radius 2 is 1.83 bits per heavy atom. The van der Waals surface area contributed by atoms with Crippen molar-refractivity contribution in [1.82, 2.24) is 9.88 Å². The van der Waals surface area contributed by atoms with Crippen LogP contribution in [0.25, 0.3) is 0 Å². The minimum Gasteiger partial charge on any atom is -0.354 e. The predicted octanol–water partition coefficient (Wildman–Crippen LogP) is 3.24. The zero-order valence-electron chi connectivity index (χ0n) is 13.5. The van der Waals surface area contributed by atoms with Gasteiger partial charge in [0.2, 0.25) is 5.91 Å². The number of nitrogens with one attached hydrogen (secondary N) is 1. The van der Waals surface area contributed by atoms with E-state index in [0.717, 1.165) is 17.3 Å². The third kappa shape index (κ3) is 3.78. The molecule has 0 spiro atoms. The van der Waals surface area contributed by atoms with Crippen molar-refractivity contribution in [3.8, 4) is 0 Å². The zero-order valence-corrected chi connectivity index (χ0v) is 15.1. The summed E-state index contributed by atoms with van der Waals surface area (Å²) in [6.45, 7) is 0.668. The fraction of sp³-hybridized carbons (Fsp3) is 0.368. The van der Waals surface area contributed by atoms with Crippen LogP contribution in [0.1, 0.15) is 31.2 Å². The Kier molecular flexibility index (Phi) is 5.19. The molecule has 0 atom stereocenters. The summed E-state index contributed by atoms with van der Waals surface area (Å²) >= 11 is 3.33. The lowest BCUT2D eigenvalue weighted by molar-refractivity contribution is -0.122. The third-order valence-electron chi connectivity index (χ3n) is 4.83. The van der Waals surface area contributed by atoms with Gasteiger partial charge < -0.3 is 9.88 Å². The lowest BCUT2D eigenvalue weighted by Gasteiger charge is -2.30. The van der Waals surface area contributed by atoms with E-state index < -0.39 is 0 Å². The maximum absolute atomic E-state index is 12.3. The average Bonchev–Trinajstić information content (AvgIpc) is 3.07. The molecule has 5 heteroatoms. The van der Waals surface area contributed by atoms with E-state index in [1.807, 2.05) is 6.07 Å². The second-order valence-corrected chi connectivity index (χ2v) is 7.36. The van der Waals surface area contributed by atoms with Gasteiger partial charge in [0, 0.05) is 28.7 Å². The number of carbonyl (C=O) groups excluding carboxylic acids is 1. The van der Waals surface area contributed by atoms with Crippen LogP contribution in [0.4, 0.5) is 0 Å². The Morgan fingerprint density at radius 1 is 1.12 bits per heavy atom. The predicted molar refractivity (Wildman–Crippen MR) is 98.0 cm³/mol. The highest BCUT2D eigenvalue weighted by atomic mass is 79.9. The minimum atomic E-state index is -0.174. The number of benzene rings is 1. The van der Waals surface area contributed by atoms with E-state index in [2.05, 4.69) is 45.5 Å². The zero-order chi connectivity index (χ0) is 17.0. The van der Waals surface area contributed by atoms with Crippen molar-refractivity contribution < 1.29 is 4.79 Å².